The minimum atomic E-state index is -4.29. The standard InChI is InChI=1S/C23H27N5O7S/c1-23(2)21(30)27(22(31)25-23)13-18(20(29)26-32)28-11-10-24-17-12-16(8-9-19(17)36(28,33)34)35-14-15-6-4-3-5-7-15/h3-9,12,18,24,32H,10-11,13-14H2,1-2H3,(H,25,31)(H,26,29). The van der Waals surface area contributed by atoms with Crippen molar-refractivity contribution in [3.63, 3.8) is 0 Å². The lowest BCUT2D eigenvalue weighted by molar-refractivity contribution is -0.135. The van der Waals surface area contributed by atoms with Crippen LogP contribution in [0.4, 0.5) is 10.5 Å². The molecule has 4 N–H and O–H groups in total. The quantitative estimate of drug-likeness (QED) is 0.240. The number of nitrogens with zero attached hydrogens (tertiary/aromatic N) is 2. The number of rotatable bonds is 7. The predicted molar refractivity (Wildman–Crippen MR) is 128 cm³/mol. The highest BCUT2D eigenvalue weighted by molar-refractivity contribution is 7.89. The number of carbonyl (C=O) groups excluding carboxylic acids is 3. The zero-order valence-corrected chi connectivity index (χ0v) is 20.5. The first-order valence-corrected chi connectivity index (χ1v) is 12.6. The molecule has 0 radical (unpaired) electrons. The minimum absolute atomic E-state index is 0.111. The smallest absolute Gasteiger partial charge is 0.325 e. The second-order valence-corrected chi connectivity index (χ2v) is 10.8. The zero-order valence-electron chi connectivity index (χ0n) is 19.7. The third-order valence-electron chi connectivity index (χ3n) is 5.99. The molecule has 0 bridgehead atoms. The van der Waals surface area contributed by atoms with Gasteiger partial charge in [-0.2, -0.15) is 4.31 Å². The van der Waals surface area contributed by atoms with Crippen LogP contribution in [0.15, 0.2) is 53.4 Å². The number of nitrogens with one attached hydrogen (secondary N) is 3. The number of anilines is 1. The van der Waals surface area contributed by atoms with Crippen molar-refractivity contribution in [2.45, 2.75) is 36.9 Å². The Morgan fingerprint density at radius 1 is 1.19 bits per heavy atom. The van der Waals surface area contributed by atoms with E-state index >= 15 is 0 Å². The number of benzene rings is 2. The average Bonchev–Trinajstić information content (AvgIpc) is 2.96. The van der Waals surface area contributed by atoms with E-state index in [-0.39, 0.29) is 23.7 Å². The summed E-state index contributed by atoms with van der Waals surface area (Å²) in [5.74, 6) is -1.25. The van der Waals surface area contributed by atoms with Gasteiger partial charge in [0.05, 0.1) is 12.2 Å². The number of urea groups is 1. The number of fused-ring (bicyclic) bond motifs is 1. The molecule has 36 heavy (non-hydrogen) atoms. The van der Waals surface area contributed by atoms with Crippen molar-refractivity contribution in [3.05, 3.63) is 54.1 Å². The molecular weight excluding hydrogens is 490 g/mol. The van der Waals surface area contributed by atoms with Crippen molar-refractivity contribution >= 4 is 33.6 Å². The summed E-state index contributed by atoms with van der Waals surface area (Å²) >= 11 is 0. The van der Waals surface area contributed by atoms with Crippen molar-refractivity contribution in [3.8, 4) is 5.75 Å². The van der Waals surface area contributed by atoms with E-state index in [1.807, 2.05) is 30.3 Å². The maximum absolute atomic E-state index is 13.6. The number of imide groups is 1. The van der Waals surface area contributed by atoms with Crippen molar-refractivity contribution in [1.29, 1.82) is 0 Å². The molecule has 1 unspecified atom stereocenters. The Kier molecular flexibility index (Phi) is 6.89. The molecule has 2 aromatic rings. The highest BCUT2D eigenvalue weighted by Crippen LogP contribution is 2.32. The summed E-state index contributed by atoms with van der Waals surface area (Å²) in [6.07, 6.45) is 0. The summed E-state index contributed by atoms with van der Waals surface area (Å²) in [5.41, 5.74) is 1.47. The molecule has 192 valence electrons. The lowest BCUT2D eigenvalue weighted by Crippen LogP contribution is -2.56. The van der Waals surface area contributed by atoms with Gasteiger partial charge in [0.25, 0.3) is 11.8 Å². The van der Waals surface area contributed by atoms with Crippen LogP contribution in [-0.4, -0.2) is 71.9 Å². The number of hydroxylamine groups is 1. The lowest BCUT2D eigenvalue weighted by Gasteiger charge is -2.30. The Morgan fingerprint density at radius 2 is 1.92 bits per heavy atom. The van der Waals surface area contributed by atoms with Gasteiger partial charge in [-0.25, -0.2) is 18.7 Å². The third-order valence-corrected chi connectivity index (χ3v) is 7.96. The molecule has 12 nitrogen and oxygen atoms in total. The molecule has 0 spiro atoms. The van der Waals surface area contributed by atoms with Crippen molar-refractivity contribution in [2.75, 3.05) is 25.0 Å². The molecule has 0 aliphatic carbocycles. The fraction of sp³-hybridized carbons (Fsp3) is 0.348. The summed E-state index contributed by atoms with van der Waals surface area (Å²) in [7, 11) is -4.29. The fourth-order valence-corrected chi connectivity index (χ4v) is 5.84. The lowest BCUT2D eigenvalue weighted by atomic mass is 10.1. The van der Waals surface area contributed by atoms with E-state index in [9.17, 15) is 28.0 Å². The van der Waals surface area contributed by atoms with Gasteiger partial charge < -0.3 is 15.4 Å². The van der Waals surface area contributed by atoms with Gasteiger partial charge in [-0.15, -0.1) is 0 Å². The van der Waals surface area contributed by atoms with Gasteiger partial charge in [0.15, 0.2) is 0 Å². The fourth-order valence-electron chi connectivity index (χ4n) is 4.11. The maximum Gasteiger partial charge on any atom is 0.325 e. The van der Waals surface area contributed by atoms with Crippen molar-refractivity contribution < 1.29 is 32.7 Å². The molecule has 1 saturated heterocycles. The van der Waals surface area contributed by atoms with E-state index in [0.29, 0.717) is 12.4 Å². The molecule has 1 atom stereocenters. The molecule has 0 saturated carbocycles. The minimum Gasteiger partial charge on any atom is -0.489 e. The van der Waals surface area contributed by atoms with Crippen LogP contribution in [0.2, 0.25) is 0 Å². The van der Waals surface area contributed by atoms with Gasteiger partial charge in [0.1, 0.15) is 28.8 Å². The van der Waals surface area contributed by atoms with E-state index in [2.05, 4.69) is 10.6 Å². The Hall–Kier alpha value is -3.68. The number of hydrogen-bond donors (Lipinski definition) is 4. The van der Waals surface area contributed by atoms with Crippen LogP contribution < -0.4 is 20.9 Å². The molecule has 1 fully saturated rings. The molecular formula is C23H27N5O7S. The summed E-state index contributed by atoms with van der Waals surface area (Å²) in [5, 5.41) is 14.8. The topological polar surface area (TPSA) is 157 Å². The number of ether oxygens (including phenoxy) is 1. The molecule has 2 heterocycles. The first-order valence-electron chi connectivity index (χ1n) is 11.2. The van der Waals surface area contributed by atoms with Crippen LogP contribution in [0, 0.1) is 0 Å². The average molecular weight is 518 g/mol. The summed E-state index contributed by atoms with van der Waals surface area (Å²) in [4.78, 5) is 38.3. The molecule has 4 amide bonds. The number of carbonyl (C=O) groups is 3. The molecule has 2 aliphatic rings. The summed E-state index contributed by atoms with van der Waals surface area (Å²) < 4.78 is 33.9. The Morgan fingerprint density at radius 3 is 2.56 bits per heavy atom. The second kappa shape index (κ2) is 9.76. The molecule has 4 rings (SSSR count). The molecule has 0 aromatic heterocycles. The van der Waals surface area contributed by atoms with Crippen molar-refractivity contribution in [1.82, 2.24) is 20.0 Å². The van der Waals surface area contributed by atoms with E-state index < -0.39 is 46.0 Å². The summed E-state index contributed by atoms with van der Waals surface area (Å²) in [6.45, 7) is 2.66. The van der Waals surface area contributed by atoms with Crippen LogP contribution in [0.3, 0.4) is 0 Å². The Labute approximate surface area is 208 Å². The van der Waals surface area contributed by atoms with Gasteiger partial charge in [0.2, 0.25) is 10.0 Å². The SMILES string of the molecule is CC1(C)NC(=O)N(CC(C(=O)NO)N2CCNc3cc(OCc4ccccc4)ccc3S2(=O)=O)C1=O. The molecule has 13 heteroatoms. The normalized spacial score (nSPS) is 19.5. The third kappa shape index (κ3) is 4.85. The van der Waals surface area contributed by atoms with E-state index in [1.165, 1.54) is 31.5 Å². The Bertz CT molecular complexity index is 1280. The summed E-state index contributed by atoms with van der Waals surface area (Å²) in [6, 6.07) is 11.6. The van der Waals surface area contributed by atoms with Gasteiger partial charge in [-0.3, -0.25) is 19.7 Å². The van der Waals surface area contributed by atoms with Gasteiger partial charge in [-0.05, 0) is 31.5 Å². The number of hydrogen-bond acceptors (Lipinski definition) is 8. The van der Waals surface area contributed by atoms with E-state index in [1.54, 1.807) is 6.07 Å². The zero-order chi connectivity index (χ0) is 26.1. The van der Waals surface area contributed by atoms with Crippen molar-refractivity contribution in [2.24, 2.45) is 0 Å². The second-order valence-electron chi connectivity index (χ2n) is 8.94. The van der Waals surface area contributed by atoms with Gasteiger partial charge >= 0.3 is 6.03 Å². The first kappa shape index (κ1) is 25.4. The molecule has 2 aliphatic heterocycles. The highest BCUT2D eigenvalue weighted by Gasteiger charge is 2.48. The first-order chi connectivity index (χ1) is 17.0. The maximum atomic E-state index is 13.6. The largest absolute Gasteiger partial charge is 0.489 e. The monoisotopic (exact) mass is 517 g/mol. The van der Waals surface area contributed by atoms with Crippen LogP contribution in [0.5, 0.6) is 5.75 Å². The highest BCUT2D eigenvalue weighted by atomic mass is 32.2. The number of amides is 4. The Balaban J connectivity index is 1.61. The van der Waals surface area contributed by atoms with E-state index in [0.717, 1.165) is 14.8 Å². The van der Waals surface area contributed by atoms with Gasteiger partial charge in [0, 0.05) is 19.2 Å². The predicted octanol–water partition coefficient (Wildman–Crippen LogP) is 0.886. The van der Waals surface area contributed by atoms with Gasteiger partial charge in [-0.1, -0.05) is 30.3 Å². The number of sulfonamides is 1. The van der Waals surface area contributed by atoms with Crippen LogP contribution >= 0.6 is 0 Å². The van der Waals surface area contributed by atoms with Crippen LogP contribution in [0.1, 0.15) is 19.4 Å². The van der Waals surface area contributed by atoms with Crippen LogP contribution in [-0.2, 0) is 26.2 Å². The van der Waals surface area contributed by atoms with E-state index in [4.69, 9.17) is 4.74 Å². The molecule has 2 aromatic carbocycles. The van der Waals surface area contributed by atoms with Crippen LogP contribution in [0.25, 0.3) is 0 Å².